The molecule has 0 saturated heterocycles. The van der Waals surface area contributed by atoms with Crippen LogP contribution in [0.2, 0.25) is 0 Å². The molecule has 1 fully saturated rings. The van der Waals surface area contributed by atoms with E-state index in [1.807, 2.05) is 0 Å². The number of pyridine rings is 1. The Morgan fingerprint density at radius 3 is 2.59 bits per heavy atom. The Bertz CT molecular complexity index is 1290. The minimum Gasteiger partial charge on any atom is -0.362 e. The van der Waals surface area contributed by atoms with E-state index in [1.54, 1.807) is 23.8 Å². The van der Waals surface area contributed by atoms with Crippen LogP contribution in [0, 0.1) is 6.92 Å². The summed E-state index contributed by atoms with van der Waals surface area (Å²) >= 11 is 0. The predicted molar refractivity (Wildman–Crippen MR) is 116 cm³/mol. The first-order valence-corrected chi connectivity index (χ1v) is 10.4. The number of nitrogens with two attached hydrogens (primary N) is 1. The van der Waals surface area contributed by atoms with Crippen LogP contribution in [0.3, 0.4) is 0 Å². The number of alkyl halides is 3. The van der Waals surface area contributed by atoms with Gasteiger partial charge in [-0.1, -0.05) is 12.1 Å². The van der Waals surface area contributed by atoms with E-state index in [0.29, 0.717) is 16.8 Å². The molecule has 32 heavy (non-hydrogen) atoms. The molecule has 0 aliphatic heterocycles. The molecule has 7 nitrogen and oxygen atoms in total. The molecule has 1 saturated carbocycles. The number of hydrogen-bond acceptors (Lipinski definition) is 5. The van der Waals surface area contributed by atoms with Crippen molar-refractivity contribution in [2.45, 2.75) is 51.5 Å². The van der Waals surface area contributed by atoms with Gasteiger partial charge in [-0.25, -0.2) is 4.68 Å². The van der Waals surface area contributed by atoms with Crippen molar-refractivity contribution in [3.05, 3.63) is 67.9 Å². The molecule has 1 aromatic carbocycles. The van der Waals surface area contributed by atoms with E-state index >= 15 is 0 Å². The third-order valence-corrected chi connectivity index (χ3v) is 5.80. The normalized spacial score (nSPS) is 15.2. The van der Waals surface area contributed by atoms with Crippen LogP contribution in [0.1, 0.15) is 48.5 Å². The Kier molecular flexibility index (Phi) is 5.58. The van der Waals surface area contributed by atoms with E-state index in [1.165, 1.54) is 23.7 Å². The van der Waals surface area contributed by atoms with Gasteiger partial charge in [0.2, 0.25) is 0 Å². The lowest BCUT2D eigenvalue weighted by Crippen LogP contribution is -2.30. The lowest BCUT2D eigenvalue weighted by molar-refractivity contribution is -0.138. The summed E-state index contributed by atoms with van der Waals surface area (Å²) in [5.74, 6) is 0.312. The van der Waals surface area contributed by atoms with Gasteiger partial charge in [-0.3, -0.25) is 9.59 Å². The van der Waals surface area contributed by atoms with Crippen molar-refractivity contribution in [3.8, 4) is 0 Å². The molecule has 1 aliphatic rings. The fourth-order valence-corrected chi connectivity index (χ4v) is 4.00. The zero-order chi connectivity index (χ0) is 23.2. The first-order valence-electron chi connectivity index (χ1n) is 10.4. The third kappa shape index (κ3) is 4.02. The van der Waals surface area contributed by atoms with E-state index in [2.05, 4.69) is 10.4 Å². The van der Waals surface area contributed by atoms with Gasteiger partial charge in [0.15, 0.2) is 5.82 Å². The van der Waals surface area contributed by atoms with E-state index < -0.39 is 23.3 Å². The number of fused-ring (bicyclic) bond motifs is 1. The molecular weight excluding hydrogens is 423 g/mol. The molecule has 0 amide bonds. The van der Waals surface area contributed by atoms with Crippen molar-refractivity contribution in [1.82, 2.24) is 14.3 Å². The standard InChI is InChI=1S/C22H24F3N5O2/c1-12-15(4-3-5-18(12)22(23,24)25)13(2)27-20-17-11-29(14-6-7-14)19(31)10-16(17)21(32)30(28-20)9-8-26/h3-5,10-11,13-14H,6-9,26H2,1-2H3,(H,27,28)/t13-/m1/s1. The Hall–Kier alpha value is -3.14. The molecule has 3 N–H and O–H groups in total. The maximum absolute atomic E-state index is 13.4. The van der Waals surface area contributed by atoms with Gasteiger partial charge in [0.05, 0.1) is 23.5 Å². The first-order chi connectivity index (χ1) is 15.1. The van der Waals surface area contributed by atoms with Crippen LogP contribution in [0.25, 0.3) is 10.8 Å². The minimum atomic E-state index is -4.46. The molecule has 0 radical (unpaired) electrons. The van der Waals surface area contributed by atoms with E-state index in [0.717, 1.165) is 18.9 Å². The molecule has 0 bridgehead atoms. The van der Waals surface area contributed by atoms with Crippen LogP contribution in [-0.4, -0.2) is 20.9 Å². The average molecular weight is 447 g/mol. The summed E-state index contributed by atoms with van der Waals surface area (Å²) in [5, 5.41) is 8.19. The second kappa shape index (κ2) is 8.09. The molecule has 170 valence electrons. The van der Waals surface area contributed by atoms with Crippen molar-refractivity contribution >= 4 is 16.6 Å². The number of aromatic nitrogens is 3. The molecule has 0 unspecified atom stereocenters. The fraction of sp³-hybridized carbons (Fsp3) is 0.409. The minimum absolute atomic E-state index is 0.0920. The molecule has 1 atom stereocenters. The molecule has 10 heteroatoms. The van der Waals surface area contributed by atoms with Crippen LogP contribution in [0.15, 0.2) is 40.1 Å². The summed E-state index contributed by atoms with van der Waals surface area (Å²) in [5.41, 5.74) is 4.79. The molecule has 0 spiro atoms. The van der Waals surface area contributed by atoms with Gasteiger partial charge in [0.25, 0.3) is 11.1 Å². The number of nitrogens with one attached hydrogen (secondary N) is 1. The summed E-state index contributed by atoms with van der Waals surface area (Å²) in [6.07, 6.45) is -1.08. The maximum Gasteiger partial charge on any atom is 0.416 e. The molecular formula is C22H24F3N5O2. The number of hydrogen-bond donors (Lipinski definition) is 2. The summed E-state index contributed by atoms with van der Waals surface area (Å²) in [6, 6.07) is 4.90. The molecule has 1 aliphatic carbocycles. The number of benzene rings is 1. The van der Waals surface area contributed by atoms with Gasteiger partial charge in [0, 0.05) is 30.2 Å². The Labute approximate surface area is 181 Å². The van der Waals surface area contributed by atoms with E-state index in [4.69, 9.17) is 5.73 Å². The second-order valence-electron chi connectivity index (χ2n) is 8.13. The highest BCUT2D eigenvalue weighted by atomic mass is 19.4. The Morgan fingerprint density at radius 1 is 1.25 bits per heavy atom. The second-order valence-corrected chi connectivity index (χ2v) is 8.13. The zero-order valence-corrected chi connectivity index (χ0v) is 17.7. The summed E-state index contributed by atoms with van der Waals surface area (Å²) in [6.45, 7) is 3.47. The van der Waals surface area contributed by atoms with Crippen LogP contribution >= 0.6 is 0 Å². The average Bonchev–Trinajstić information content (AvgIpc) is 3.55. The highest BCUT2D eigenvalue weighted by molar-refractivity contribution is 5.90. The van der Waals surface area contributed by atoms with Crippen molar-refractivity contribution in [2.24, 2.45) is 5.73 Å². The molecule has 4 rings (SSSR count). The summed E-state index contributed by atoms with van der Waals surface area (Å²) in [4.78, 5) is 25.3. The van der Waals surface area contributed by atoms with Crippen molar-refractivity contribution < 1.29 is 13.2 Å². The molecule has 2 heterocycles. The number of rotatable bonds is 6. The van der Waals surface area contributed by atoms with Crippen molar-refractivity contribution in [1.29, 1.82) is 0 Å². The van der Waals surface area contributed by atoms with Crippen LogP contribution in [0.4, 0.5) is 19.0 Å². The topological polar surface area (TPSA) is 94.9 Å². The van der Waals surface area contributed by atoms with Gasteiger partial charge in [-0.05, 0) is 43.9 Å². The largest absolute Gasteiger partial charge is 0.416 e. The molecule has 2 aromatic heterocycles. The Morgan fingerprint density at radius 2 is 1.97 bits per heavy atom. The van der Waals surface area contributed by atoms with Crippen LogP contribution in [0.5, 0.6) is 0 Å². The van der Waals surface area contributed by atoms with Gasteiger partial charge in [-0.2, -0.15) is 18.3 Å². The zero-order valence-electron chi connectivity index (χ0n) is 17.7. The summed E-state index contributed by atoms with van der Waals surface area (Å²) < 4.78 is 42.8. The predicted octanol–water partition coefficient (Wildman–Crippen LogP) is 3.35. The summed E-state index contributed by atoms with van der Waals surface area (Å²) in [7, 11) is 0. The number of nitrogens with zero attached hydrogens (tertiary/aromatic N) is 3. The maximum atomic E-state index is 13.4. The van der Waals surface area contributed by atoms with E-state index in [-0.39, 0.29) is 35.6 Å². The van der Waals surface area contributed by atoms with Gasteiger partial charge in [0.1, 0.15) is 0 Å². The monoisotopic (exact) mass is 447 g/mol. The highest BCUT2D eigenvalue weighted by Gasteiger charge is 2.33. The quantitative estimate of drug-likeness (QED) is 0.604. The number of anilines is 1. The van der Waals surface area contributed by atoms with Crippen molar-refractivity contribution in [3.63, 3.8) is 0 Å². The van der Waals surface area contributed by atoms with E-state index in [9.17, 15) is 22.8 Å². The highest BCUT2D eigenvalue weighted by Crippen LogP contribution is 2.36. The SMILES string of the molecule is Cc1c([C@@H](C)Nc2nn(CCN)c(=O)c3cc(=O)n(C4CC4)cc23)cccc1C(F)(F)F. The smallest absolute Gasteiger partial charge is 0.362 e. The van der Waals surface area contributed by atoms with Crippen LogP contribution < -0.4 is 22.2 Å². The van der Waals surface area contributed by atoms with Gasteiger partial charge in [-0.15, -0.1) is 0 Å². The lowest BCUT2D eigenvalue weighted by Gasteiger charge is -2.21. The van der Waals surface area contributed by atoms with Gasteiger partial charge < -0.3 is 15.6 Å². The fourth-order valence-electron chi connectivity index (χ4n) is 4.00. The first kappa shape index (κ1) is 22.1. The van der Waals surface area contributed by atoms with Crippen LogP contribution in [-0.2, 0) is 12.7 Å². The van der Waals surface area contributed by atoms with Gasteiger partial charge >= 0.3 is 6.18 Å². The Balaban J connectivity index is 1.83. The third-order valence-electron chi connectivity index (χ3n) is 5.80. The lowest BCUT2D eigenvalue weighted by atomic mass is 9.97. The number of halogens is 3. The van der Waals surface area contributed by atoms with Crippen molar-refractivity contribution in [2.75, 3.05) is 11.9 Å². The molecule has 3 aromatic rings.